The van der Waals surface area contributed by atoms with Crippen LogP contribution in [0, 0.1) is 0 Å². The zero-order valence-corrected chi connectivity index (χ0v) is 12.5. The van der Waals surface area contributed by atoms with E-state index < -0.39 is 6.03 Å². The number of ether oxygens (including phenoxy) is 1. The average molecular weight is 300 g/mol. The van der Waals surface area contributed by atoms with Gasteiger partial charge in [0, 0.05) is 0 Å². The number of hydrogen-bond donors (Lipinski definition) is 3. The maximum absolute atomic E-state index is 11.3. The molecule has 2 amide bonds. The molecule has 0 saturated carbocycles. The lowest BCUT2D eigenvalue weighted by atomic mass is 10.1. The van der Waals surface area contributed by atoms with Gasteiger partial charge in [0.1, 0.15) is 19.1 Å². The number of nitrogens with one attached hydrogen (secondary N) is 2. The van der Waals surface area contributed by atoms with Gasteiger partial charge in [-0.1, -0.05) is 42.5 Å². The molecule has 1 atom stereocenters. The lowest BCUT2D eigenvalue weighted by Gasteiger charge is -2.15. The van der Waals surface area contributed by atoms with Crippen molar-refractivity contribution in [2.24, 2.45) is 0 Å². The standard InChI is InChI=1S/C17H20N2O3/c1-13(19-17(21)18-12-20)15-7-9-16(10-8-15)22-11-14-5-3-2-4-6-14/h2-10,13,20H,11-12H2,1H3,(H2,18,19,21). The zero-order chi connectivity index (χ0) is 15.8. The average Bonchev–Trinajstić information content (AvgIpc) is 2.54. The SMILES string of the molecule is CC(NC(=O)NCO)c1ccc(OCc2ccccc2)cc1. The summed E-state index contributed by atoms with van der Waals surface area (Å²) < 4.78 is 5.71. The van der Waals surface area contributed by atoms with Crippen molar-refractivity contribution in [2.75, 3.05) is 6.73 Å². The van der Waals surface area contributed by atoms with Crippen molar-refractivity contribution in [1.82, 2.24) is 10.6 Å². The van der Waals surface area contributed by atoms with Gasteiger partial charge in [0.05, 0.1) is 6.04 Å². The van der Waals surface area contributed by atoms with Gasteiger partial charge in [-0.25, -0.2) is 4.79 Å². The Labute approximate surface area is 129 Å². The Morgan fingerprint density at radius 1 is 1.14 bits per heavy atom. The van der Waals surface area contributed by atoms with E-state index in [4.69, 9.17) is 9.84 Å². The Balaban J connectivity index is 1.88. The van der Waals surface area contributed by atoms with Crippen molar-refractivity contribution in [3.63, 3.8) is 0 Å². The van der Waals surface area contributed by atoms with Crippen LogP contribution in [0.1, 0.15) is 24.1 Å². The minimum absolute atomic E-state index is 0.158. The Kier molecular flexibility index (Phi) is 5.80. The molecule has 2 rings (SSSR count). The van der Waals surface area contributed by atoms with Crippen LogP contribution in [0.15, 0.2) is 54.6 Å². The predicted octanol–water partition coefficient (Wildman–Crippen LogP) is 2.58. The molecule has 2 aromatic carbocycles. The first-order valence-corrected chi connectivity index (χ1v) is 7.11. The highest BCUT2D eigenvalue weighted by Gasteiger charge is 2.08. The number of hydrogen-bond acceptors (Lipinski definition) is 3. The highest BCUT2D eigenvalue weighted by molar-refractivity contribution is 5.74. The monoisotopic (exact) mass is 300 g/mol. The first-order valence-electron chi connectivity index (χ1n) is 7.11. The summed E-state index contributed by atoms with van der Waals surface area (Å²) in [7, 11) is 0. The zero-order valence-electron chi connectivity index (χ0n) is 12.5. The molecule has 3 N–H and O–H groups in total. The Bertz CT molecular complexity index is 585. The van der Waals surface area contributed by atoms with Crippen LogP contribution in [0.25, 0.3) is 0 Å². The largest absolute Gasteiger partial charge is 0.489 e. The minimum atomic E-state index is -0.403. The minimum Gasteiger partial charge on any atom is -0.489 e. The van der Waals surface area contributed by atoms with Crippen molar-refractivity contribution in [2.45, 2.75) is 19.6 Å². The number of aliphatic hydroxyl groups is 1. The summed E-state index contributed by atoms with van der Waals surface area (Å²) in [6.07, 6.45) is 0. The van der Waals surface area contributed by atoms with Crippen molar-refractivity contribution >= 4 is 6.03 Å². The highest BCUT2D eigenvalue weighted by Crippen LogP contribution is 2.18. The number of urea groups is 1. The molecule has 0 bridgehead atoms. The number of rotatable bonds is 6. The van der Waals surface area contributed by atoms with Crippen molar-refractivity contribution in [3.05, 3.63) is 65.7 Å². The molecular weight excluding hydrogens is 280 g/mol. The first kappa shape index (κ1) is 15.9. The van der Waals surface area contributed by atoms with Crippen molar-refractivity contribution in [1.29, 1.82) is 0 Å². The molecule has 116 valence electrons. The van der Waals surface area contributed by atoms with E-state index in [0.29, 0.717) is 6.61 Å². The molecule has 0 heterocycles. The van der Waals surface area contributed by atoms with E-state index >= 15 is 0 Å². The van der Waals surface area contributed by atoms with Crippen LogP contribution in [0.3, 0.4) is 0 Å². The second kappa shape index (κ2) is 8.05. The van der Waals surface area contributed by atoms with Gasteiger partial charge in [-0.2, -0.15) is 0 Å². The summed E-state index contributed by atoms with van der Waals surface area (Å²) >= 11 is 0. The third-order valence-electron chi connectivity index (χ3n) is 3.22. The van der Waals surface area contributed by atoms with Crippen LogP contribution >= 0.6 is 0 Å². The van der Waals surface area contributed by atoms with Gasteiger partial charge in [0.25, 0.3) is 0 Å². The highest BCUT2D eigenvalue weighted by atomic mass is 16.5. The van der Waals surface area contributed by atoms with E-state index in [1.807, 2.05) is 61.5 Å². The Morgan fingerprint density at radius 3 is 2.45 bits per heavy atom. The van der Waals surface area contributed by atoms with E-state index in [9.17, 15) is 4.79 Å². The maximum Gasteiger partial charge on any atom is 0.317 e. The maximum atomic E-state index is 11.3. The number of benzene rings is 2. The molecule has 0 aliphatic rings. The first-order chi connectivity index (χ1) is 10.7. The van der Waals surface area contributed by atoms with Crippen LogP contribution in [-0.4, -0.2) is 17.9 Å². The molecular formula is C17H20N2O3. The quantitative estimate of drug-likeness (QED) is 0.718. The second-order valence-electron chi connectivity index (χ2n) is 4.87. The van der Waals surface area contributed by atoms with Crippen LogP contribution in [0.5, 0.6) is 5.75 Å². The summed E-state index contributed by atoms with van der Waals surface area (Å²) in [5.74, 6) is 0.777. The topological polar surface area (TPSA) is 70.6 Å². The number of amides is 2. The molecule has 0 aromatic heterocycles. The van der Waals surface area contributed by atoms with E-state index in [0.717, 1.165) is 16.9 Å². The van der Waals surface area contributed by atoms with Crippen LogP contribution < -0.4 is 15.4 Å². The Hall–Kier alpha value is -2.53. The predicted molar refractivity (Wildman–Crippen MR) is 84.4 cm³/mol. The lowest BCUT2D eigenvalue weighted by molar-refractivity contribution is 0.215. The third-order valence-corrected chi connectivity index (χ3v) is 3.22. The Morgan fingerprint density at radius 2 is 1.82 bits per heavy atom. The van der Waals surface area contributed by atoms with Crippen molar-refractivity contribution < 1.29 is 14.6 Å². The van der Waals surface area contributed by atoms with Crippen LogP contribution in [0.2, 0.25) is 0 Å². The fraction of sp³-hybridized carbons (Fsp3) is 0.235. The molecule has 5 nitrogen and oxygen atoms in total. The fourth-order valence-corrected chi connectivity index (χ4v) is 2.00. The number of carbonyl (C=O) groups is 1. The summed E-state index contributed by atoms with van der Waals surface area (Å²) in [4.78, 5) is 11.3. The fourth-order valence-electron chi connectivity index (χ4n) is 2.00. The molecule has 0 saturated heterocycles. The molecule has 2 aromatic rings. The van der Waals surface area contributed by atoms with Gasteiger partial charge in [-0.15, -0.1) is 0 Å². The van der Waals surface area contributed by atoms with Crippen molar-refractivity contribution in [3.8, 4) is 5.75 Å². The number of aliphatic hydroxyl groups excluding tert-OH is 1. The third kappa shape index (κ3) is 4.79. The molecule has 0 fully saturated rings. The number of carbonyl (C=O) groups excluding carboxylic acids is 1. The van der Waals surface area contributed by atoms with Gasteiger partial charge < -0.3 is 20.5 Å². The molecule has 1 unspecified atom stereocenters. The van der Waals surface area contributed by atoms with E-state index in [1.54, 1.807) is 0 Å². The van der Waals surface area contributed by atoms with Gasteiger partial charge in [0.2, 0.25) is 0 Å². The molecule has 22 heavy (non-hydrogen) atoms. The van der Waals surface area contributed by atoms with Gasteiger partial charge >= 0.3 is 6.03 Å². The lowest BCUT2D eigenvalue weighted by Crippen LogP contribution is -2.37. The van der Waals surface area contributed by atoms with Crippen LogP contribution in [0.4, 0.5) is 4.79 Å². The molecule has 0 aliphatic carbocycles. The van der Waals surface area contributed by atoms with Gasteiger partial charge in [-0.3, -0.25) is 0 Å². The summed E-state index contributed by atoms with van der Waals surface area (Å²) in [5, 5.41) is 13.6. The second-order valence-corrected chi connectivity index (χ2v) is 4.87. The molecule has 0 aliphatic heterocycles. The normalized spacial score (nSPS) is 11.5. The molecule has 0 spiro atoms. The van der Waals surface area contributed by atoms with Crippen LogP contribution in [-0.2, 0) is 6.61 Å². The molecule has 5 heteroatoms. The van der Waals surface area contributed by atoms with Gasteiger partial charge in [-0.05, 0) is 30.2 Å². The molecule has 0 radical (unpaired) electrons. The summed E-state index contributed by atoms with van der Waals surface area (Å²) in [6.45, 7) is 2.01. The van der Waals surface area contributed by atoms with E-state index in [2.05, 4.69) is 10.6 Å². The van der Waals surface area contributed by atoms with E-state index in [1.165, 1.54) is 0 Å². The summed E-state index contributed by atoms with van der Waals surface area (Å²) in [6, 6.07) is 17.0. The van der Waals surface area contributed by atoms with Gasteiger partial charge in [0.15, 0.2) is 0 Å². The smallest absolute Gasteiger partial charge is 0.317 e. The van der Waals surface area contributed by atoms with E-state index in [-0.39, 0.29) is 12.8 Å². The summed E-state index contributed by atoms with van der Waals surface area (Å²) in [5.41, 5.74) is 2.07.